The van der Waals surface area contributed by atoms with Crippen LogP contribution in [0.3, 0.4) is 0 Å². The van der Waals surface area contributed by atoms with Crippen molar-refractivity contribution >= 4 is 32.8 Å². The first-order chi connectivity index (χ1) is 7.42. The number of sulfonamides is 1. The lowest BCUT2D eigenvalue weighted by atomic mass is 10.4. The van der Waals surface area contributed by atoms with Crippen LogP contribution < -0.4 is 4.72 Å². The molecule has 5 nitrogen and oxygen atoms in total. The largest absolute Gasteiger partial charge is 0.281 e. The molecule has 1 amide bonds. The monoisotopic (exact) mass is 261 g/mol. The molecule has 7 heteroatoms. The minimum Gasteiger partial charge on any atom is -0.281 e. The molecule has 0 heterocycles. The molecule has 0 unspecified atom stereocenters. The van der Waals surface area contributed by atoms with Crippen molar-refractivity contribution in [3.63, 3.8) is 0 Å². The van der Waals surface area contributed by atoms with Crippen molar-refractivity contribution in [2.24, 2.45) is 0 Å². The van der Waals surface area contributed by atoms with Gasteiger partial charge in [0, 0.05) is 0 Å². The van der Waals surface area contributed by atoms with Gasteiger partial charge in [0.15, 0.2) is 0 Å². The van der Waals surface area contributed by atoms with E-state index in [1.54, 1.807) is 10.8 Å². The van der Waals surface area contributed by atoms with E-state index in [2.05, 4.69) is 0 Å². The van der Waals surface area contributed by atoms with Crippen molar-refractivity contribution in [3.05, 3.63) is 30.3 Å². The number of carbonyl (C=O) groups is 2. The fourth-order valence-electron chi connectivity index (χ4n) is 0.971. The predicted molar refractivity (Wildman–Crippen MR) is 57.2 cm³/mol. The lowest BCUT2D eigenvalue weighted by Gasteiger charge is -2.04. The number of amides is 1. The van der Waals surface area contributed by atoms with Crippen LogP contribution in [0.4, 0.5) is 0 Å². The molecule has 0 atom stereocenters. The van der Waals surface area contributed by atoms with E-state index in [9.17, 15) is 18.0 Å². The number of hydrogen-bond acceptors (Lipinski definition) is 4. The summed E-state index contributed by atoms with van der Waals surface area (Å²) in [7, 11) is -3.92. The Morgan fingerprint density at radius 2 is 1.75 bits per heavy atom. The van der Waals surface area contributed by atoms with Crippen molar-refractivity contribution < 1.29 is 18.0 Å². The lowest BCUT2D eigenvalue weighted by molar-refractivity contribution is -0.123. The Morgan fingerprint density at radius 1 is 1.19 bits per heavy atom. The maximum absolute atomic E-state index is 11.5. The second-order valence-corrected chi connectivity index (χ2v) is 4.98. The number of halogens is 1. The van der Waals surface area contributed by atoms with Crippen LogP contribution in [0.5, 0.6) is 0 Å². The van der Waals surface area contributed by atoms with Crippen LogP contribution in [0.2, 0.25) is 0 Å². The molecule has 0 aliphatic carbocycles. The van der Waals surface area contributed by atoms with Gasteiger partial charge >= 0.3 is 0 Å². The molecule has 0 saturated carbocycles. The third kappa shape index (κ3) is 3.63. The molecule has 0 bridgehead atoms. The molecular formula is C9H8ClNO4S. The summed E-state index contributed by atoms with van der Waals surface area (Å²) >= 11 is 4.95. The SMILES string of the molecule is O=C(Cl)CC(=O)NS(=O)(=O)c1ccccc1. The molecule has 0 spiro atoms. The molecule has 0 aliphatic heterocycles. The Bertz CT molecular complexity index is 498. The third-order valence-electron chi connectivity index (χ3n) is 1.60. The predicted octanol–water partition coefficient (Wildman–Crippen LogP) is 0.647. The van der Waals surface area contributed by atoms with Crippen LogP contribution in [-0.4, -0.2) is 19.6 Å². The van der Waals surface area contributed by atoms with Gasteiger partial charge in [0.05, 0.1) is 4.90 Å². The van der Waals surface area contributed by atoms with Gasteiger partial charge in [-0.1, -0.05) is 18.2 Å². The Balaban J connectivity index is 2.81. The van der Waals surface area contributed by atoms with E-state index in [0.29, 0.717) is 0 Å². The second-order valence-electron chi connectivity index (χ2n) is 2.87. The maximum atomic E-state index is 11.5. The zero-order valence-corrected chi connectivity index (χ0v) is 9.59. The molecule has 1 aromatic rings. The van der Waals surface area contributed by atoms with Crippen LogP contribution in [0, 0.1) is 0 Å². The van der Waals surface area contributed by atoms with Crippen molar-refractivity contribution in [2.45, 2.75) is 11.3 Å². The van der Waals surface area contributed by atoms with Gasteiger partial charge < -0.3 is 0 Å². The summed E-state index contributed by atoms with van der Waals surface area (Å²) in [6, 6.07) is 7.34. The number of nitrogens with one attached hydrogen (secondary N) is 1. The van der Waals surface area contributed by atoms with E-state index in [4.69, 9.17) is 11.6 Å². The van der Waals surface area contributed by atoms with Gasteiger partial charge in [-0.05, 0) is 23.7 Å². The van der Waals surface area contributed by atoms with Gasteiger partial charge in [-0.2, -0.15) is 0 Å². The van der Waals surface area contributed by atoms with Gasteiger partial charge in [0.1, 0.15) is 6.42 Å². The molecule has 86 valence electrons. The summed E-state index contributed by atoms with van der Waals surface area (Å²) in [4.78, 5) is 21.4. The summed E-state index contributed by atoms with van der Waals surface area (Å²) in [6.07, 6.45) is -0.673. The highest BCUT2D eigenvalue weighted by Crippen LogP contribution is 2.07. The van der Waals surface area contributed by atoms with Gasteiger partial charge in [0.25, 0.3) is 10.0 Å². The first-order valence-corrected chi connectivity index (χ1v) is 6.07. The molecule has 0 fully saturated rings. The van der Waals surface area contributed by atoms with Gasteiger partial charge in [-0.3, -0.25) is 9.59 Å². The zero-order valence-electron chi connectivity index (χ0n) is 8.01. The summed E-state index contributed by atoms with van der Waals surface area (Å²) in [5, 5.41) is -0.916. The average Bonchev–Trinajstić information content (AvgIpc) is 2.16. The van der Waals surface area contributed by atoms with E-state index in [0.717, 1.165) is 0 Å². The smallest absolute Gasteiger partial charge is 0.264 e. The highest BCUT2D eigenvalue weighted by Gasteiger charge is 2.18. The molecule has 0 aromatic heterocycles. The Morgan fingerprint density at radius 3 is 2.25 bits per heavy atom. The normalized spacial score (nSPS) is 10.8. The van der Waals surface area contributed by atoms with Crippen LogP contribution in [-0.2, 0) is 19.6 Å². The van der Waals surface area contributed by atoms with Crippen LogP contribution in [0.25, 0.3) is 0 Å². The number of rotatable bonds is 4. The van der Waals surface area contributed by atoms with Crippen molar-refractivity contribution in [1.82, 2.24) is 4.72 Å². The van der Waals surface area contributed by atoms with Crippen LogP contribution >= 0.6 is 11.6 Å². The van der Waals surface area contributed by atoms with Gasteiger partial charge in [-0.15, -0.1) is 0 Å². The Hall–Kier alpha value is -1.40. The summed E-state index contributed by atoms with van der Waals surface area (Å²) in [5.41, 5.74) is 0. The molecule has 0 saturated heterocycles. The third-order valence-corrected chi connectivity index (χ3v) is 3.12. The average molecular weight is 262 g/mol. The molecule has 0 radical (unpaired) electrons. The van der Waals surface area contributed by atoms with E-state index in [1.165, 1.54) is 24.3 Å². The van der Waals surface area contributed by atoms with Crippen molar-refractivity contribution in [2.75, 3.05) is 0 Å². The Labute approximate surface area is 97.5 Å². The molecule has 1 N–H and O–H groups in total. The standard InChI is InChI=1S/C9H8ClNO4S/c10-8(12)6-9(13)11-16(14,15)7-4-2-1-3-5-7/h1-5H,6H2,(H,11,13). The summed E-state index contributed by atoms with van der Waals surface area (Å²) in [6.45, 7) is 0. The highest BCUT2D eigenvalue weighted by atomic mass is 35.5. The molecular weight excluding hydrogens is 254 g/mol. The van der Waals surface area contributed by atoms with Gasteiger partial charge in [-0.25, -0.2) is 13.1 Å². The molecule has 1 rings (SSSR count). The number of benzene rings is 1. The molecule has 0 aliphatic rings. The number of hydrogen-bond donors (Lipinski definition) is 1. The Kier molecular flexibility index (Phi) is 4.03. The minimum atomic E-state index is -3.92. The molecule has 1 aromatic carbocycles. The van der Waals surface area contributed by atoms with E-state index in [1.807, 2.05) is 0 Å². The van der Waals surface area contributed by atoms with Crippen LogP contribution in [0.1, 0.15) is 6.42 Å². The van der Waals surface area contributed by atoms with Crippen molar-refractivity contribution in [1.29, 1.82) is 0 Å². The minimum absolute atomic E-state index is 0.0506. The fraction of sp³-hybridized carbons (Fsp3) is 0.111. The first kappa shape index (κ1) is 12.7. The summed E-state index contributed by atoms with van der Waals surface area (Å²) in [5.74, 6) is -0.955. The second kappa shape index (κ2) is 5.09. The zero-order chi connectivity index (χ0) is 12.2. The van der Waals surface area contributed by atoms with Crippen LogP contribution in [0.15, 0.2) is 35.2 Å². The van der Waals surface area contributed by atoms with E-state index >= 15 is 0 Å². The van der Waals surface area contributed by atoms with Gasteiger partial charge in [0.2, 0.25) is 11.1 Å². The first-order valence-electron chi connectivity index (χ1n) is 4.21. The quantitative estimate of drug-likeness (QED) is 0.637. The fourth-order valence-corrected chi connectivity index (χ4v) is 2.10. The van der Waals surface area contributed by atoms with E-state index < -0.39 is 27.6 Å². The number of carbonyl (C=O) groups excluding carboxylic acids is 2. The highest BCUT2D eigenvalue weighted by molar-refractivity contribution is 7.90. The maximum Gasteiger partial charge on any atom is 0.264 e. The van der Waals surface area contributed by atoms with Crippen molar-refractivity contribution in [3.8, 4) is 0 Å². The summed E-state index contributed by atoms with van der Waals surface area (Å²) < 4.78 is 24.8. The topological polar surface area (TPSA) is 80.3 Å². The molecule has 16 heavy (non-hydrogen) atoms. The van der Waals surface area contributed by atoms with E-state index in [-0.39, 0.29) is 4.90 Å². The lowest BCUT2D eigenvalue weighted by Crippen LogP contribution is -2.31.